The van der Waals surface area contributed by atoms with Crippen LogP contribution < -0.4 is 10.2 Å². The van der Waals surface area contributed by atoms with Crippen molar-refractivity contribution in [3.63, 3.8) is 0 Å². The Balaban J connectivity index is 2.38. The first-order valence-corrected chi connectivity index (χ1v) is 5.17. The zero-order valence-corrected chi connectivity index (χ0v) is 8.74. The van der Waals surface area contributed by atoms with Crippen LogP contribution in [0.15, 0.2) is 18.2 Å². The van der Waals surface area contributed by atoms with Gasteiger partial charge in [-0.1, -0.05) is 6.07 Å². The molecule has 4 nitrogen and oxygen atoms in total. The van der Waals surface area contributed by atoms with Crippen molar-refractivity contribution in [3.8, 4) is 0 Å². The van der Waals surface area contributed by atoms with E-state index in [1.807, 2.05) is 4.90 Å². The summed E-state index contributed by atoms with van der Waals surface area (Å²) in [5.74, 6) is -1.89. The Labute approximate surface area is 92.7 Å². The molecule has 0 spiro atoms. The lowest BCUT2D eigenvalue weighted by molar-refractivity contribution is 0.0692. The molecule has 0 saturated carbocycles. The van der Waals surface area contributed by atoms with Crippen LogP contribution in [0.4, 0.5) is 10.1 Å². The number of benzene rings is 1. The number of nitrogens with one attached hydrogen (secondary N) is 1. The molecule has 1 fully saturated rings. The number of anilines is 1. The molecule has 2 rings (SSSR count). The van der Waals surface area contributed by atoms with Crippen molar-refractivity contribution in [1.29, 1.82) is 0 Å². The number of carboxylic acid groups (broad SMARTS) is 1. The van der Waals surface area contributed by atoms with Crippen LogP contribution in [0.1, 0.15) is 10.4 Å². The maximum atomic E-state index is 13.4. The van der Waals surface area contributed by atoms with Gasteiger partial charge in [-0.25, -0.2) is 9.18 Å². The number of hydrogen-bond donors (Lipinski definition) is 2. The first kappa shape index (κ1) is 10.9. The summed E-state index contributed by atoms with van der Waals surface area (Å²) in [7, 11) is 0. The quantitative estimate of drug-likeness (QED) is 0.784. The highest BCUT2D eigenvalue weighted by Crippen LogP contribution is 2.23. The number of carboxylic acids is 1. The van der Waals surface area contributed by atoms with E-state index >= 15 is 0 Å². The molecule has 16 heavy (non-hydrogen) atoms. The molecule has 0 unspecified atom stereocenters. The molecule has 0 aliphatic carbocycles. The highest BCUT2D eigenvalue weighted by Gasteiger charge is 2.20. The van der Waals surface area contributed by atoms with Crippen molar-refractivity contribution >= 4 is 11.7 Å². The third-order valence-electron chi connectivity index (χ3n) is 2.66. The van der Waals surface area contributed by atoms with Gasteiger partial charge in [-0.2, -0.15) is 0 Å². The number of carbonyl (C=O) groups is 1. The summed E-state index contributed by atoms with van der Waals surface area (Å²) in [5.41, 5.74) is 0.235. The lowest BCUT2D eigenvalue weighted by atomic mass is 10.1. The Bertz CT molecular complexity index is 403. The maximum absolute atomic E-state index is 13.4. The zero-order chi connectivity index (χ0) is 11.5. The van der Waals surface area contributed by atoms with Crippen molar-refractivity contribution in [1.82, 2.24) is 5.32 Å². The molecule has 1 aliphatic rings. The van der Waals surface area contributed by atoms with Crippen molar-refractivity contribution in [3.05, 3.63) is 29.6 Å². The van der Waals surface area contributed by atoms with E-state index in [0.717, 1.165) is 13.1 Å². The van der Waals surface area contributed by atoms with Crippen molar-refractivity contribution in [2.75, 3.05) is 31.1 Å². The van der Waals surface area contributed by atoms with E-state index < -0.39 is 11.8 Å². The molecule has 1 saturated heterocycles. The molecule has 86 valence electrons. The van der Waals surface area contributed by atoms with Gasteiger partial charge in [0.15, 0.2) is 0 Å². The average molecular weight is 224 g/mol. The Hall–Kier alpha value is -1.62. The second kappa shape index (κ2) is 4.49. The lowest BCUT2D eigenvalue weighted by Gasteiger charge is -2.30. The molecule has 0 amide bonds. The molecule has 5 heteroatoms. The molecule has 0 bridgehead atoms. The summed E-state index contributed by atoms with van der Waals surface area (Å²) in [6, 6.07) is 4.37. The average Bonchev–Trinajstić information content (AvgIpc) is 2.29. The zero-order valence-electron chi connectivity index (χ0n) is 8.74. The molecular formula is C11H13FN2O2. The monoisotopic (exact) mass is 224 g/mol. The minimum absolute atomic E-state index is 0.232. The Morgan fingerprint density at radius 3 is 2.69 bits per heavy atom. The normalized spacial score (nSPS) is 16.2. The molecule has 0 atom stereocenters. The number of nitrogens with zero attached hydrogens (tertiary/aromatic N) is 1. The van der Waals surface area contributed by atoms with Gasteiger partial charge in [0.25, 0.3) is 0 Å². The lowest BCUT2D eigenvalue weighted by Crippen LogP contribution is -2.44. The first-order valence-electron chi connectivity index (χ1n) is 5.17. The fourth-order valence-corrected chi connectivity index (χ4v) is 1.89. The highest BCUT2D eigenvalue weighted by molar-refractivity contribution is 5.94. The summed E-state index contributed by atoms with van der Waals surface area (Å²) in [6.45, 7) is 2.97. The largest absolute Gasteiger partial charge is 0.478 e. The summed E-state index contributed by atoms with van der Waals surface area (Å²) in [5, 5.41) is 12.2. The number of halogens is 1. The molecule has 1 aromatic carbocycles. The van der Waals surface area contributed by atoms with Crippen LogP contribution in [0.5, 0.6) is 0 Å². The SMILES string of the molecule is O=C(O)c1c(F)cccc1N1CCNCC1. The van der Waals surface area contributed by atoms with Crippen LogP contribution in [0.3, 0.4) is 0 Å². The number of hydrogen-bond acceptors (Lipinski definition) is 3. The third kappa shape index (κ3) is 1.99. The van der Waals surface area contributed by atoms with E-state index in [9.17, 15) is 9.18 Å². The van der Waals surface area contributed by atoms with Gasteiger partial charge in [0.05, 0.1) is 5.69 Å². The van der Waals surface area contributed by atoms with Crippen LogP contribution in [0, 0.1) is 5.82 Å². The van der Waals surface area contributed by atoms with E-state index in [1.54, 1.807) is 12.1 Å². The molecule has 1 aliphatic heterocycles. The van der Waals surface area contributed by atoms with Crippen molar-refractivity contribution < 1.29 is 14.3 Å². The Kier molecular flexibility index (Phi) is 3.05. The Morgan fingerprint density at radius 2 is 2.06 bits per heavy atom. The van der Waals surface area contributed by atoms with E-state index in [1.165, 1.54) is 6.07 Å². The van der Waals surface area contributed by atoms with E-state index in [4.69, 9.17) is 5.11 Å². The second-order valence-corrected chi connectivity index (χ2v) is 3.68. The van der Waals surface area contributed by atoms with E-state index in [-0.39, 0.29) is 5.56 Å². The van der Waals surface area contributed by atoms with E-state index in [0.29, 0.717) is 18.8 Å². The topological polar surface area (TPSA) is 52.6 Å². The molecule has 0 aromatic heterocycles. The summed E-state index contributed by atoms with van der Waals surface area (Å²) in [4.78, 5) is 12.9. The van der Waals surface area contributed by atoms with Crippen LogP contribution >= 0.6 is 0 Å². The smallest absolute Gasteiger partial charge is 0.340 e. The van der Waals surface area contributed by atoms with Crippen molar-refractivity contribution in [2.45, 2.75) is 0 Å². The fourth-order valence-electron chi connectivity index (χ4n) is 1.89. The minimum Gasteiger partial charge on any atom is -0.478 e. The molecule has 0 radical (unpaired) electrons. The number of piperazine rings is 1. The summed E-state index contributed by atoms with van der Waals surface area (Å²) in [6.07, 6.45) is 0. The van der Waals surface area contributed by atoms with Crippen LogP contribution in [0.2, 0.25) is 0 Å². The first-order chi connectivity index (χ1) is 7.70. The van der Waals surface area contributed by atoms with Crippen molar-refractivity contribution in [2.24, 2.45) is 0 Å². The van der Waals surface area contributed by atoms with Gasteiger partial charge in [0.1, 0.15) is 11.4 Å². The van der Waals surface area contributed by atoms with Gasteiger partial charge in [-0.05, 0) is 12.1 Å². The van der Waals surface area contributed by atoms with Crippen LogP contribution in [-0.4, -0.2) is 37.3 Å². The van der Waals surface area contributed by atoms with Gasteiger partial charge in [0, 0.05) is 26.2 Å². The second-order valence-electron chi connectivity index (χ2n) is 3.68. The fraction of sp³-hybridized carbons (Fsp3) is 0.364. The van der Waals surface area contributed by atoms with Gasteiger partial charge in [-0.3, -0.25) is 0 Å². The Morgan fingerprint density at radius 1 is 1.38 bits per heavy atom. The van der Waals surface area contributed by atoms with Gasteiger partial charge < -0.3 is 15.3 Å². The number of rotatable bonds is 2. The van der Waals surface area contributed by atoms with Gasteiger partial charge >= 0.3 is 5.97 Å². The van der Waals surface area contributed by atoms with E-state index in [2.05, 4.69) is 5.32 Å². The summed E-state index contributed by atoms with van der Waals surface area (Å²) >= 11 is 0. The summed E-state index contributed by atoms with van der Waals surface area (Å²) < 4.78 is 13.4. The molecule has 1 aromatic rings. The molecule has 2 N–H and O–H groups in total. The standard InChI is InChI=1S/C11H13FN2O2/c12-8-2-1-3-9(10(8)11(15)16)14-6-4-13-5-7-14/h1-3,13H,4-7H2,(H,15,16). The predicted molar refractivity (Wildman–Crippen MR) is 58.4 cm³/mol. The minimum atomic E-state index is -1.22. The predicted octanol–water partition coefficient (Wildman–Crippen LogP) is 0.933. The maximum Gasteiger partial charge on any atom is 0.340 e. The highest BCUT2D eigenvalue weighted by atomic mass is 19.1. The van der Waals surface area contributed by atoms with Crippen LogP contribution in [0.25, 0.3) is 0 Å². The molecular weight excluding hydrogens is 211 g/mol. The van der Waals surface area contributed by atoms with Gasteiger partial charge in [-0.15, -0.1) is 0 Å². The number of aromatic carboxylic acids is 1. The molecule has 1 heterocycles. The third-order valence-corrected chi connectivity index (χ3v) is 2.66. The van der Waals surface area contributed by atoms with Crippen LogP contribution in [-0.2, 0) is 0 Å². The van der Waals surface area contributed by atoms with Gasteiger partial charge in [0.2, 0.25) is 0 Å².